The number of carbonyl (C=O) groups excluding carboxylic acids is 3. The van der Waals surface area contributed by atoms with Gasteiger partial charge in [0.2, 0.25) is 17.6 Å². The average Bonchev–Trinajstić information content (AvgIpc) is 3.62. The highest BCUT2D eigenvalue weighted by molar-refractivity contribution is 7.48. The molecule has 0 aromatic carbocycles. The molecule has 0 radical (unpaired) electrons. The lowest BCUT2D eigenvalue weighted by Crippen LogP contribution is -2.53. The van der Waals surface area contributed by atoms with E-state index in [-0.39, 0.29) is 23.5 Å². The molecule has 0 spiro atoms. The number of aromatic amines is 1. The number of anilines is 1. The first-order valence-corrected chi connectivity index (χ1v) is 14.6. The van der Waals surface area contributed by atoms with Crippen molar-refractivity contribution in [1.82, 2.24) is 19.5 Å². The molecule has 2 aliphatic heterocycles. The fourth-order valence-electron chi connectivity index (χ4n) is 4.21. The van der Waals surface area contributed by atoms with Gasteiger partial charge in [-0.3, -0.25) is 38.9 Å². The van der Waals surface area contributed by atoms with E-state index in [1.54, 1.807) is 13.8 Å². The van der Waals surface area contributed by atoms with Crippen LogP contribution < -0.4 is 10.9 Å². The Bertz CT molecular complexity index is 1440. The zero-order valence-electron chi connectivity index (χ0n) is 23.2. The Labute approximate surface area is 238 Å². The second-order valence-electron chi connectivity index (χ2n) is 9.83. The molecule has 1 amide bonds. The predicted octanol–water partition coefficient (Wildman–Crippen LogP) is 0.455. The van der Waals surface area contributed by atoms with E-state index in [1.165, 1.54) is 6.92 Å². The largest absolute Gasteiger partial charge is 0.532 e. The van der Waals surface area contributed by atoms with Gasteiger partial charge >= 0.3 is 19.8 Å². The molecule has 18 nitrogen and oxygen atoms in total. The molecule has 0 saturated carbocycles. The number of hydrogen-bond donors (Lipinski definition) is 4. The molecule has 2 aliphatic rings. The van der Waals surface area contributed by atoms with Crippen molar-refractivity contribution < 1.29 is 56.9 Å². The molecule has 0 bridgehead atoms. The van der Waals surface area contributed by atoms with E-state index in [2.05, 4.69) is 24.8 Å². The molecule has 2 saturated heterocycles. The maximum absolute atomic E-state index is 12.8. The van der Waals surface area contributed by atoms with E-state index in [0.717, 1.165) is 17.8 Å². The van der Waals surface area contributed by atoms with Gasteiger partial charge in [-0.2, -0.15) is 4.98 Å². The second kappa shape index (κ2) is 12.5. The van der Waals surface area contributed by atoms with E-state index >= 15 is 0 Å². The molecule has 2 fully saturated rings. The summed E-state index contributed by atoms with van der Waals surface area (Å²) in [5, 5.41) is 14.3. The quantitative estimate of drug-likeness (QED) is 0.152. The van der Waals surface area contributed by atoms with Crippen LogP contribution in [0.1, 0.15) is 53.2 Å². The van der Waals surface area contributed by atoms with Gasteiger partial charge in [-0.1, -0.05) is 20.8 Å². The van der Waals surface area contributed by atoms with E-state index in [4.69, 9.17) is 23.5 Å². The standard InChI is InChI=1S/C23H32N5O13P/c1-5-14(30)40-42(34,35)41-23(33)13(9-37-12(4)29)38-21(17(23)39-15-7-6-8-36-15)28-10-24-16-18(28)25-22(27-20(16)32)26-19(31)11(2)3/h10-11,13,15,17,21,33H,5-9H2,1-4H3,(H,34,35)(H2,25,26,27,31,32)/t13-,15?,17+,21-,23+/m1/s1. The van der Waals surface area contributed by atoms with Crippen molar-refractivity contribution in [3.8, 4) is 0 Å². The van der Waals surface area contributed by atoms with Crippen LogP contribution in [0.4, 0.5) is 5.95 Å². The van der Waals surface area contributed by atoms with Gasteiger partial charge in [-0.05, 0) is 6.42 Å². The van der Waals surface area contributed by atoms with Gasteiger partial charge in [0.15, 0.2) is 35.9 Å². The highest BCUT2D eigenvalue weighted by Crippen LogP contribution is 2.54. The summed E-state index contributed by atoms with van der Waals surface area (Å²) in [6, 6.07) is 0. The van der Waals surface area contributed by atoms with E-state index in [1.807, 2.05) is 0 Å². The highest BCUT2D eigenvalue weighted by Gasteiger charge is 2.63. The molecule has 2 aromatic rings. The van der Waals surface area contributed by atoms with Gasteiger partial charge in [-0.15, -0.1) is 0 Å². The normalized spacial score (nSPS) is 27.2. The number of esters is 1. The summed E-state index contributed by atoms with van der Waals surface area (Å²) in [4.78, 5) is 69.5. The number of rotatable bonds is 11. The first-order valence-electron chi connectivity index (χ1n) is 13.1. The maximum Gasteiger partial charge on any atom is 0.532 e. The van der Waals surface area contributed by atoms with Crippen LogP contribution in [-0.4, -0.2) is 84.9 Å². The molecule has 42 heavy (non-hydrogen) atoms. The maximum atomic E-state index is 12.8. The van der Waals surface area contributed by atoms with E-state index in [0.29, 0.717) is 19.4 Å². The lowest BCUT2D eigenvalue weighted by atomic mass is 10.1. The lowest BCUT2D eigenvalue weighted by Gasteiger charge is -2.34. The first-order chi connectivity index (χ1) is 19.7. The SMILES string of the molecule is CCC(=O)OP(=O)(O)O[C@@]1(O)[C@@H](COC(C)=O)O[C@@H](n2cnc3c(=O)[nH]c(NC(=O)C(C)C)nc32)[C@@H]1OC1CCCO1. The number of H-pyrrole nitrogens is 1. The lowest BCUT2D eigenvalue weighted by molar-refractivity contribution is -0.267. The molecule has 232 valence electrons. The molecule has 4 N–H and O–H groups in total. The summed E-state index contributed by atoms with van der Waals surface area (Å²) in [5.74, 6) is -5.88. The Hall–Kier alpha value is -3.25. The zero-order valence-corrected chi connectivity index (χ0v) is 24.1. The molecule has 2 unspecified atom stereocenters. The molecule has 19 heteroatoms. The minimum atomic E-state index is -5.32. The van der Waals surface area contributed by atoms with Gasteiger partial charge in [0, 0.05) is 32.3 Å². The number of phosphoric ester groups is 1. The Morgan fingerprint density at radius 2 is 2.10 bits per heavy atom. The van der Waals surface area contributed by atoms with Crippen LogP contribution >= 0.6 is 7.82 Å². The van der Waals surface area contributed by atoms with Gasteiger partial charge in [0.1, 0.15) is 6.61 Å². The smallest absolute Gasteiger partial charge is 0.463 e. The number of ether oxygens (including phenoxy) is 4. The third-order valence-corrected chi connectivity index (χ3v) is 7.25. The summed E-state index contributed by atoms with van der Waals surface area (Å²) in [6.07, 6.45) is -4.09. The molecule has 2 aromatic heterocycles. The number of phosphoric acid groups is 1. The van der Waals surface area contributed by atoms with Crippen LogP contribution in [0.2, 0.25) is 0 Å². The fraction of sp³-hybridized carbons (Fsp3) is 0.652. The van der Waals surface area contributed by atoms with E-state index < -0.39 is 74.3 Å². The Morgan fingerprint density at radius 1 is 1.36 bits per heavy atom. The van der Waals surface area contributed by atoms with Crippen molar-refractivity contribution in [1.29, 1.82) is 0 Å². The molecule has 4 heterocycles. The molecule has 6 atom stereocenters. The summed E-state index contributed by atoms with van der Waals surface area (Å²) in [7, 11) is -5.32. The number of fused-ring (bicyclic) bond motifs is 1. The number of aliphatic hydroxyl groups is 1. The minimum Gasteiger partial charge on any atom is -0.463 e. The Morgan fingerprint density at radius 3 is 2.71 bits per heavy atom. The van der Waals surface area contributed by atoms with Crippen molar-refractivity contribution in [2.75, 3.05) is 18.5 Å². The monoisotopic (exact) mass is 617 g/mol. The second-order valence-corrected chi connectivity index (χ2v) is 11.1. The van der Waals surface area contributed by atoms with Crippen molar-refractivity contribution in [3.63, 3.8) is 0 Å². The third-order valence-electron chi connectivity index (χ3n) is 6.30. The van der Waals surface area contributed by atoms with Crippen molar-refractivity contribution in [3.05, 3.63) is 16.7 Å². The van der Waals surface area contributed by atoms with E-state index in [9.17, 15) is 33.7 Å². The van der Waals surface area contributed by atoms with Crippen molar-refractivity contribution >= 4 is 42.8 Å². The highest BCUT2D eigenvalue weighted by atomic mass is 31.2. The summed E-state index contributed by atoms with van der Waals surface area (Å²) < 4.78 is 46.1. The zero-order chi connectivity index (χ0) is 30.8. The van der Waals surface area contributed by atoms with Crippen molar-refractivity contribution in [2.45, 2.75) is 77.5 Å². The number of hydrogen-bond acceptors (Lipinski definition) is 14. The van der Waals surface area contributed by atoms with Gasteiger partial charge in [0.05, 0.1) is 6.33 Å². The van der Waals surface area contributed by atoms with Gasteiger partial charge in [-0.25, -0.2) is 14.1 Å². The van der Waals surface area contributed by atoms with Crippen LogP contribution in [-0.2, 0) is 46.9 Å². The number of nitrogens with zero attached hydrogens (tertiary/aromatic N) is 3. The molecular weight excluding hydrogens is 585 g/mol. The fourth-order valence-corrected chi connectivity index (χ4v) is 5.23. The summed E-state index contributed by atoms with van der Waals surface area (Å²) >= 11 is 0. The molecule has 0 aliphatic carbocycles. The topological polar surface area (TPSA) is 240 Å². The predicted molar refractivity (Wildman–Crippen MR) is 138 cm³/mol. The number of amides is 1. The van der Waals surface area contributed by atoms with Crippen LogP contribution in [0.25, 0.3) is 11.2 Å². The van der Waals surface area contributed by atoms with Gasteiger partial charge in [0.25, 0.3) is 5.56 Å². The van der Waals surface area contributed by atoms with Crippen LogP contribution in [0.5, 0.6) is 0 Å². The number of imidazole rings is 1. The van der Waals surface area contributed by atoms with Crippen LogP contribution in [0.15, 0.2) is 11.1 Å². The minimum absolute atomic E-state index is 0.135. The van der Waals surface area contributed by atoms with Crippen LogP contribution in [0.3, 0.4) is 0 Å². The molecule has 4 rings (SSSR count). The van der Waals surface area contributed by atoms with Crippen molar-refractivity contribution in [2.24, 2.45) is 5.92 Å². The first kappa shape index (κ1) is 31.7. The summed E-state index contributed by atoms with van der Waals surface area (Å²) in [5.41, 5.74) is -1.04. The molecular formula is C23H32N5O13P. The Kier molecular flexibility index (Phi) is 9.46. The Balaban J connectivity index is 1.81. The number of nitrogens with one attached hydrogen (secondary N) is 2. The number of aromatic nitrogens is 4. The average molecular weight is 618 g/mol. The summed E-state index contributed by atoms with van der Waals surface area (Å²) in [6.45, 7) is 5.34. The number of carbonyl (C=O) groups is 3. The van der Waals surface area contributed by atoms with Gasteiger partial charge < -0.3 is 28.6 Å². The third kappa shape index (κ3) is 6.86. The van der Waals surface area contributed by atoms with Crippen LogP contribution in [0, 0.1) is 5.92 Å².